The first-order chi connectivity index (χ1) is 9.61. The molecule has 0 aliphatic heterocycles. The average molecular weight is 271 g/mol. The predicted octanol–water partition coefficient (Wildman–Crippen LogP) is 3.71. The smallest absolute Gasteiger partial charge is 0.227 e. The summed E-state index contributed by atoms with van der Waals surface area (Å²) in [4.78, 5) is 12.3. The molecule has 20 heavy (non-hydrogen) atoms. The average Bonchev–Trinajstić information content (AvgIpc) is 2.77. The second-order valence-corrected chi connectivity index (χ2v) is 5.03. The van der Waals surface area contributed by atoms with Crippen molar-refractivity contribution in [3.8, 4) is 0 Å². The molecule has 2 rings (SSSR count). The molecule has 0 aliphatic rings. The lowest BCUT2D eigenvalue weighted by molar-refractivity contribution is -0.122. The van der Waals surface area contributed by atoms with Crippen LogP contribution in [-0.2, 0) is 11.3 Å². The van der Waals surface area contributed by atoms with Gasteiger partial charge in [-0.15, -0.1) is 0 Å². The number of carbonyl (C=O) groups excluding carboxylic acids is 1. The highest BCUT2D eigenvalue weighted by molar-refractivity contribution is 5.83. The molecular weight excluding hydrogens is 250 g/mol. The molecule has 1 heterocycles. The van der Waals surface area contributed by atoms with Gasteiger partial charge in [-0.05, 0) is 31.9 Å². The van der Waals surface area contributed by atoms with Gasteiger partial charge in [-0.2, -0.15) is 0 Å². The van der Waals surface area contributed by atoms with E-state index in [1.54, 1.807) is 0 Å². The molecule has 1 unspecified atom stereocenters. The van der Waals surface area contributed by atoms with Crippen molar-refractivity contribution in [3.63, 3.8) is 0 Å². The summed E-state index contributed by atoms with van der Waals surface area (Å²) in [5.74, 6) is 1.72. The minimum atomic E-state index is -0.0931. The Hall–Kier alpha value is -2.03. The normalized spacial score (nSPS) is 12.2. The quantitative estimate of drug-likeness (QED) is 0.900. The maximum Gasteiger partial charge on any atom is 0.227 e. The lowest BCUT2D eigenvalue weighted by Gasteiger charge is -2.15. The summed E-state index contributed by atoms with van der Waals surface area (Å²) in [5, 5.41) is 3.00. The number of aryl methyl sites for hydroxylation is 2. The number of nitrogens with one attached hydrogen (secondary N) is 1. The molecule has 3 heteroatoms. The van der Waals surface area contributed by atoms with E-state index in [0.717, 1.165) is 29.1 Å². The minimum absolute atomic E-state index is 0.0666. The van der Waals surface area contributed by atoms with Crippen LogP contribution in [0.1, 0.15) is 41.9 Å². The van der Waals surface area contributed by atoms with Gasteiger partial charge in [0.25, 0.3) is 0 Å². The summed E-state index contributed by atoms with van der Waals surface area (Å²) in [5.41, 5.74) is 2.10. The molecule has 1 atom stereocenters. The van der Waals surface area contributed by atoms with Crippen molar-refractivity contribution in [1.82, 2.24) is 5.32 Å². The lowest BCUT2D eigenvalue weighted by atomic mass is 9.95. The third-order valence-electron chi connectivity index (χ3n) is 3.52. The highest BCUT2D eigenvalue weighted by Crippen LogP contribution is 2.20. The Kier molecular flexibility index (Phi) is 4.61. The first-order valence-electron chi connectivity index (χ1n) is 7.00. The molecule has 2 aromatic rings. The van der Waals surface area contributed by atoms with Crippen LogP contribution in [0.3, 0.4) is 0 Å². The van der Waals surface area contributed by atoms with E-state index in [-0.39, 0.29) is 11.8 Å². The highest BCUT2D eigenvalue weighted by Gasteiger charge is 2.18. The Morgan fingerprint density at radius 2 is 1.95 bits per heavy atom. The van der Waals surface area contributed by atoms with Crippen LogP contribution in [0.2, 0.25) is 0 Å². The summed E-state index contributed by atoms with van der Waals surface area (Å²) in [6.07, 6.45) is 0.791. The van der Waals surface area contributed by atoms with Gasteiger partial charge in [0, 0.05) is 12.1 Å². The Morgan fingerprint density at radius 3 is 2.50 bits per heavy atom. The van der Waals surface area contributed by atoms with E-state index in [4.69, 9.17) is 4.42 Å². The van der Waals surface area contributed by atoms with Gasteiger partial charge in [-0.1, -0.05) is 37.3 Å². The fourth-order valence-electron chi connectivity index (χ4n) is 2.42. The molecule has 0 saturated heterocycles. The number of carbonyl (C=O) groups is 1. The summed E-state index contributed by atoms with van der Waals surface area (Å²) in [7, 11) is 0. The fraction of sp³-hybridized carbons (Fsp3) is 0.353. The molecule has 0 aliphatic carbocycles. The van der Waals surface area contributed by atoms with Gasteiger partial charge < -0.3 is 9.73 Å². The Bertz CT molecular complexity index is 572. The zero-order chi connectivity index (χ0) is 14.5. The lowest BCUT2D eigenvalue weighted by Crippen LogP contribution is -2.28. The van der Waals surface area contributed by atoms with Crippen molar-refractivity contribution in [2.24, 2.45) is 0 Å². The van der Waals surface area contributed by atoms with Crippen molar-refractivity contribution < 1.29 is 9.21 Å². The third-order valence-corrected chi connectivity index (χ3v) is 3.52. The van der Waals surface area contributed by atoms with Crippen LogP contribution in [0.15, 0.2) is 40.8 Å². The van der Waals surface area contributed by atoms with Crippen LogP contribution in [0, 0.1) is 13.8 Å². The molecule has 0 bridgehead atoms. The van der Waals surface area contributed by atoms with Crippen LogP contribution in [0.5, 0.6) is 0 Å². The predicted molar refractivity (Wildman–Crippen MR) is 79.5 cm³/mol. The molecule has 0 radical (unpaired) electrons. The summed E-state index contributed by atoms with van der Waals surface area (Å²) in [6, 6.07) is 11.9. The number of amides is 1. The Balaban J connectivity index is 2.02. The standard InChI is InChI=1S/C17H21NO2/c1-4-16(14-8-6-5-7-9-14)17(19)18-11-15-10-12(2)20-13(15)3/h5-10,16H,4,11H2,1-3H3,(H,18,19). The summed E-state index contributed by atoms with van der Waals surface area (Å²) >= 11 is 0. The van der Waals surface area contributed by atoms with E-state index in [1.165, 1.54) is 0 Å². The topological polar surface area (TPSA) is 42.2 Å². The SMILES string of the molecule is CCC(C(=O)NCc1cc(C)oc1C)c1ccccc1. The van der Waals surface area contributed by atoms with E-state index in [0.29, 0.717) is 6.54 Å². The molecule has 0 fully saturated rings. The molecule has 1 aromatic heterocycles. The van der Waals surface area contributed by atoms with Crippen molar-refractivity contribution in [3.05, 3.63) is 59.0 Å². The van der Waals surface area contributed by atoms with E-state index >= 15 is 0 Å². The van der Waals surface area contributed by atoms with Gasteiger partial charge >= 0.3 is 0 Å². The third kappa shape index (κ3) is 3.29. The van der Waals surface area contributed by atoms with Gasteiger partial charge in [0.2, 0.25) is 5.91 Å². The van der Waals surface area contributed by atoms with E-state index in [2.05, 4.69) is 5.32 Å². The number of hydrogen-bond acceptors (Lipinski definition) is 2. The first kappa shape index (κ1) is 14.4. The molecule has 1 aromatic carbocycles. The minimum Gasteiger partial charge on any atom is -0.466 e. The van der Waals surface area contributed by atoms with Gasteiger partial charge in [-0.3, -0.25) is 4.79 Å². The molecular formula is C17H21NO2. The molecule has 1 N–H and O–H groups in total. The second kappa shape index (κ2) is 6.42. The number of furan rings is 1. The van der Waals surface area contributed by atoms with Crippen molar-refractivity contribution in [1.29, 1.82) is 0 Å². The molecule has 0 saturated carbocycles. The molecule has 3 nitrogen and oxygen atoms in total. The molecule has 106 valence electrons. The van der Waals surface area contributed by atoms with Gasteiger partial charge in [0.15, 0.2) is 0 Å². The maximum absolute atomic E-state index is 12.3. The van der Waals surface area contributed by atoms with Crippen LogP contribution in [0.25, 0.3) is 0 Å². The van der Waals surface area contributed by atoms with Crippen LogP contribution >= 0.6 is 0 Å². The Morgan fingerprint density at radius 1 is 1.25 bits per heavy atom. The number of benzene rings is 1. The Labute approximate surface area is 120 Å². The summed E-state index contributed by atoms with van der Waals surface area (Å²) in [6.45, 7) is 6.38. The second-order valence-electron chi connectivity index (χ2n) is 5.03. The number of rotatable bonds is 5. The highest BCUT2D eigenvalue weighted by atomic mass is 16.3. The largest absolute Gasteiger partial charge is 0.466 e. The molecule has 1 amide bonds. The first-order valence-corrected chi connectivity index (χ1v) is 7.00. The van der Waals surface area contributed by atoms with Crippen LogP contribution in [0.4, 0.5) is 0 Å². The van der Waals surface area contributed by atoms with Crippen LogP contribution < -0.4 is 5.32 Å². The number of hydrogen-bond donors (Lipinski definition) is 1. The van der Waals surface area contributed by atoms with Gasteiger partial charge in [0.05, 0.1) is 5.92 Å². The maximum atomic E-state index is 12.3. The van der Waals surface area contributed by atoms with E-state index < -0.39 is 0 Å². The van der Waals surface area contributed by atoms with Gasteiger partial charge in [-0.25, -0.2) is 0 Å². The fourth-order valence-corrected chi connectivity index (χ4v) is 2.42. The van der Waals surface area contributed by atoms with Crippen molar-refractivity contribution in [2.75, 3.05) is 0 Å². The zero-order valence-corrected chi connectivity index (χ0v) is 12.3. The van der Waals surface area contributed by atoms with E-state index in [1.807, 2.05) is 57.2 Å². The van der Waals surface area contributed by atoms with Crippen LogP contribution in [-0.4, -0.2) is 5.91 Å². The summed E-state index contributed by atoms with van der Waals surface area (Å²) < 4.78 is 5.47. The van der Waals surface area contributed by atoms with Gasteiger partial charge in [0.1, 0.15) is 11.5 Å². The van der Waals surface area contributed by atoms with Crippen molar-refractivity contribution in [2.45, 2.75) is 39.7 Å². The van der Waals surface area contributed by atoms with E-state index in [9.17, 15) is 4.79 Å². The zero-order valence-electron chi connectivity index (χ0n) is 12.3. The monoisotopic (exact) mass is 271 g/mol. The molecule has 0 spiro atoms. The van der Waals surface area contributed by atoms with Crippen molar-refractivity contribution >= 4 is 5.91 Å².